The number of ether oxygens (including phenoxy) is 2. The molecular formula is C50H72O16P4. The minimum atomic E-state index is -5.53. The van der Waals surface area contributed by atoms with Gasteiger partial charge in [-0.05, 0) is 68.5 Å². The second-order valence-electron chi connectivity index (χ2n) is 18.6. The molecule has 10 N–H and O–H groups in total. The maximum atomic E-state index is 12.9. The van der Waals surface area contributed by atoms with Gasteiger partial charge in [0.05, 0.1) is 13.2 Å². The highest BCUT2D eigenvalue weighted by atomic mass is 31.2. The Hall–Kier alpha value is -3.32. The van der Waals surface area contributed by atoms with Gasteiger partial charge in [-0.1, -0.05) is 164 Å². The van der Waals surface area contributed by atoms with Gasteiger partial charge in [-0.25, -0.2) is 0 Å². The average Bonchev–Trinajstić information content (AvgIpc) is 3.24. The van der Waals surface area contributed by atoms with Crippen LogP contribution in [-0.4, -0.2) is 62.6 Å². The Labute approximate surface area is 411 Å². The number of fused-ring (bicyclic) bond motifs is 8. The van der Waals surface area contributed by atoms with E-state index in [0.717, 1.165) is 77.0 Å². The standard InChI is InChI=1S/C50H72O16P4/c1-3-5-7-9-11-13-15-17-25-65-47-35-21-19-22-36(47)28-40-32-44(50(69(59,60)61)70(62,63)64)34-42(46(40)52)30-38-24-20-23-37(48(38)66-26-18-16-14-12-10-8-6-4-2)29-41-33-43(31-39(27-35)45(41)51)49(67(53,54)55)68(56,57)58/h19-24,31-34,49-52H,3-18,25-30H2,1-2H3,(H2,53,54,55)(H2,56,57,58)(H2,59,60,61)(H2,62,63,64). The first-order valence-electron chi connectivity index (χ1n) is 24.4. The van der Waals surface area contributed by atoms with Crippen LogP contribution in [0.15, 0.2) is 60.7 Å². The van der Waals surface area contributed by atoms with Crippen LogP contribution < -0.4 is 9.47 Å². The molecule has 0 fully saturated rings. The van der Waals surface area contributed by atoms with Crippen molar-refractivity contribution in [3.63, 3.8) is 0 Å². The van der Waals surface area contributed by atoms with Crippen molar-refractivity contribution in [1.29, 1.82) is 0 Å². The van der Waals surface area contributed by atoms with E-state index in [9.17, 15) is 67.6 Å². The fourth-order valence-electron chi connectivity index (χ4n) is 9.42. The fraction of sp³-hybridized carbons (Fsp3) is 0.520. The van der Waals surface area contributed by atoms with E-state index in [0.29, 0.717) is 35.1 Å². The van der Waals surface area contributed by atoms with E-state index in [1.807, 2.05) is 0 Å². The third kappa shape index (κ3) is 16.3. The van der Waals surface area contributed by atoms with Gasteiger partial charge < -0.3 is 58.8 Å². The summed E-state index contributed by atoms with van der Waals surface area (Å²) in [7, 11) is -22.1. The number of phenolic OH excluding ortho intramolecular Hbond substituents is 2. The van der Waals surface area contributed by atoms with E-state index in [1.165, 1.54) is 37.1 Å². The molecule has 1 aliphatic rings. The second-order valence-corrected chi connectivity index (χ2v) is 26.2. The Morgan fingerprint density at radius 2 is 0.643 bits per heavy atom. The minimum absolute atomic E-state index is 0.0661. The number of benzene rings is 4. The molecule has 0 aliphatic heterocycles. The van der Waals surface area contributed by atoms with Gasteiger partial charge in [-0.2, -0.15) is 0 Å². The molecule has 20 heteroatoms. The summed E-state index contributed by atoms with van der Waals surface area (Å²) in [5, 5.41) is 19.2. The quantitative estimate of drug-likeness (QED) is 0.0182. The molecule has 0 radical (unpaired) electrons. The lowest BCUT2D eigenvalue weighted by atomic mass is 9.90. The molecule has 5 rings (SSSR count). The Balaban J connectivity index is 1.72. The SMILES string of the molecule is CCCCCCCCCCOc1c2cccc1Cc1cc(C(P(=O)(O)O)P(=O)(O)O)cc(c1O)Cc1cccc(c1OCCCCCCCCCC)Cc1cc(C(P(=O)(O)O)P(=O)(O)O)cc(c1O)C2. The van der Waals surface area contributed by atoms with Crippen LogP contribution in [0, 0.1) is 0 Å². The van der Waals surface area contributed by atoms with Crippen LogP contribution in [0.25, 0.3) is 0 Å². The minimum Gasteiger partial charge on any atom is -0.507 e. The molecule has 8 bridgehead atoms. The van der Waals surface area contributed by atoms with Crippen molar-refractivity contribution in [2.75, 3.05) is 13.2 Å². The van der Waals surface area contributed by atoms with Crippen LogP contribution in [0.5, 0.6) is 23.0 Å². The third-order valence-electron chi connectivity index (χ3n) is 12.8. The van der Waals surface area contributed by atoms with Gasteiger partial charge in [0.25, 0.3) is 0 Å². The van der Waals surface area contributed by atoms with Crippen molar-refractivity contribution in [2.45, 2.75) is 153 Å². The first-order chi connectivity index (χ1) is 33.0. The number of para-hydroxylation sites is 2. The van der Waals surface area contributed by atoms with Gasteiger partial charge >= 0.3 is 30.4 Å². The van der Waals surface area contributed by atoms with Crippen molar-refractivity contribution < 1.29 is 77.1 Å². The highest BCUT2D eigenvalue weighted by Gasteiger charge is 2.46. The van der Waals surface area contributed by atoms with Crippen LogP contribution in [0.4, 0.5) is 0 Å². The average molecular weight is 1050 g/mol. The zero-order valence-electron chi connectivity index (χ0n) is 40.2. The van der Waals surface area contributed by atoms with E-state index >= 15 is 0 Å². The van der Waals surface area contributed by atoms with Gasteiger partial charge in [0.2, 0.25) is 0 Å². The predicted molar refractivity (Wildman–Crippen MR) is 270 cm³/mol. The molecule has 70 heavy (non-hydrogen) atoms. The van der Waals surface area contributed by atoms with E-state index < -0.39 is 52.3 Å². The summed E-state index contributed by atoms with van der Waals surface area (Å²) >= 11 is 0. The van der Waals surface area contributed by atoms with Gasteiger partial charge in [0.15, 0.2) is 10.8 Å². The number of hydrogen-bond acceptors (Lipinski definition) is 8. The lowest BCUT2D eigenvalue weighted by Gasteiger charge is -2.25. The van der Waals surface area contributed by atoms with Crippen LogP contribution in [0.1, 0.15) is 183 Å². The number of unbranched alkanes of at least 4 members (excludes halogenated alkanes) is 14. The molecule has 0 aromatic heterocycles. The summed E-state index contributed by atoms with van der Waals surface area (Å²) in [4.78, 5) is 83.3. The van der Waals surface area contributed by atoms with E-state index in [-0.39, 0.29) is 84.1 Å². The first-order valence-corrected chi connectivity index (χ1v) is 31.1. The summed E-state index contributed by atoms with van der Waals surface area (Å²) in [6, 6.07) is 14.7. The molecular weight excluding hydrogens is 980 g/mol. The maximum Gasteiger partial charge on any atom is 0.345 e. The molecule has 4 aromatic carbocycles. The van der Waals surface area contributed by atoms with Crippen molar-refractivity contribution >= 4 is 30.4 Å². The third-order valence-corrected chi connectivity index (χ3v) is 20.2. The maximum absolute atomic E-state index is 12.9. The molecule has 16 nitrogen and oxygen atoms in total. The van der Waals surface area contributed by atoms with Gasteiger partial charge in [0, 0.05) is 25.7 Å². The molecule has 0 saturated carbocycles. The van der Waals surface area contributed by atoms with E-state index in [4.69, 9.17) is 9.47 Å². The molecule has 0 atom stereocenters. The topological polar surface area (TPSA) is 289 Å². The summed E-state index contributed by atoms with van der Waals surface area (Å²) in [5.41, 5.74) is 1.21. The first kappa shape index (κ1) is 57.6. The predicted octanol–water partition coefficient (Wildman–Crippen LogP) is 11.5. The summed E-state index contributed by atoms with van der Waals surface area (Å²) in [5.74, 6) is -0.0306. The lowest BCUT2D eigenvalue weighted by Crippen LogP contribution is -2.09. The van der Waals surface area contributed by atoms with Crippen LogP contribution in [0.3, 0.4) is 0 Å². The number of rotatable bonds is 26. The Morgan fingerprint density at radius 3 is 0.886 bits per heavy atom. The Bertz CT molecular complexity index is 2250. The summed E-state index contributed by atoms with van der Waals surface area (Å²) < 4.78 is 64.7. The largest absolute Gasteiger partial charge is 0.507 e. The zero-order chi connectivity index (χ0) is 51.3. The molecule has 0 unspecified atom stereocenters. The number of hydrogen-bond donors (Lipinski definition) is 10. The lowest BCUT2D eigenvalue weighted by molar-refractivity contribution is 0.298. The molecule has 0 amide bonds. The van der Waals surface area contributed by atoms with Crippen LogP contribution >= 0.6 is 30.4 Å². The number of phenols is 2. The molecule has 1 aliphatic carbocycles. The Morgan fingerprint density at radius 1 is 0.400 bits per heavy atom. The fourth-order valence-corrected chi connectivity index (χ4v) is 14.7. The monoisotopic (exact) mass is 1050 g/mol. The Kier molecular flexibility index (Phi) is 21.4. The van der Waals surface area contributed by atoms with Crippen molar-refractivity contribution in [2.24, 2.45) is 0 Å². The van der Waals surface area contributed by atoms with Gasteiger partial charge in [-0.3, -0.25) is 18.3 Å². The van der Waals surface area contributed by atoms with Crippen molar-refractivity contribution in [3.05, 3.63) is 116 Å². The molecule has 0 saturated heterocycles. The van der Waals surface area contributed by atoms with Gasteiger partial charge in [-0.15, -0.1) is 0 Å². The number of aromatic hydroxyl groups is 2. The summed E-state index contributed by atoms with van der Waals surface area (Å²) in [6.07, 6.45) is 15.5. The highest BCUT2D eigenvalue weighted by molar-refractivity contribution is 7.70. The van der Waals surface area contributed by atoms with Crippen LogP contribution in [-0.2, 0) is 43.9 Å². The molecule has 0 heterocycles. The smallest absolute Gasteiger partial charge is 0.345 e. The molecule has 0 spiro atoms. The van der Waals surface area contributed by atoms with Crippen molar-refractivity contribution in [1.82, 2.24) is 0 Å². The highest BCUT2D eigenvalue weighted by Crippen LogP contribution is 2.71. The molecule has 4 aromatic rings. The van der Waals surface area contributed by atoms with E-state index in [2.05, 4.69) is 13.8 Å². The summed E-state index contributed by atoms with van der Waals surface area (Å²) in [6.45, 7) is 4.75. The van der Waals surface area contributed by atoms with E-state index in [1.54, 1.807) is 36.4 Å². The zero-order valence-corrected chi connectivity index (χ0v) is 43.8. The van der Waals surface area contributed by atoms with Crippen LogP contribution in [0.2, 0.25) is 0 Å². The normalized spacial score (nSPS) is 13.5. The van der Waals surface area contributed by atoms with Gasteiger partial charge in [0.1, 0.15) is 23.0 Å². The van der Waals surface area contributed by atoms with Crippen molar-refractivity contribution in [3.8, 4) is 23.0 Å². The second kappa shape index (κ2) is 26.1. The molecule has 388 valence electrons.